The van der Waals surface area contributed by atoms with Crippen LogP contribution >= 0.6 is 0 Å². The Morgan fingerprint density at radius 3 is 2.59 bits per heavy atom. The third-order valence-electron chi connectivity index (χ3n) is 5.44. The van der Waals surface area contributed by atoms with Crippen LogP contribution in [-0.2, 0) is 6.54 Å². The van der Waals surface area contributed by atoms with E-state index < -0.39 is 0 Å². The third-order valence-corrected chi connectivity index (χ3v) is 5.44. The minimum Gasteiger partial charge on any atom is -0.457 e. The van der Waals surface area contributed by atoms with Gasteiger partial charge in [-0.2, -0.15) is 5.10 Å². The highest BCUT2D eigenvalue weighted by Crippen LogP contribution is 2.30. The van der Waals surface area contributed by atoms with Gasteiger partial charge in [-0.15, -0.1) is 0 Å². The zero-order valence-corrected chi connectivity index (χ0v) is 16.4. The van der Waals surface area contributed by atoms with E-state index in [1.54, 1.807) is 6.33 Å². The van der Waals surface area contributed by atoms with Crippen LogP contribution in [0.4, 0.5) is 0 Å². The molecule has 3 heterocycles. The summed E-state index contributed by atoms with van der Waals surface area (Å²) in [5.74, 6) is 2.23. The second-order valence-electron chi connectivity index (χ2n) is 7.65. The predicted molar refractivity (Wildman–Crippen MR) is 113 cm³/mol. The van der Waals surface area contributed by atoms with Crippen molar-refractivity contribution in [2.75, 3.05) is 20.1 Å². The lowest BCUT2D eigenvalue weighted by molar-refractivity contribution is 0.372. The summed E-state index contributed by atoms with van der Waals surface area (Å²) in [6.07, 6.45) is 4.65. The van der Waals surface area contributed by atoms with E-state index in [0.717, 1.165) is 53.4 Å². The second-order valence-corrected chi connectivity index (χ2v) is 7.65. The highest BCUT2D eigenvalue weighted by Gasteiger charge is 2.22. The molecule has 2 aromatic carbocycles. The average Bonchev–Trinajstić information content (AvgIpc) is 3.33. The van der Waals surface area contributed by atoms with Gasteiger partial charge in [0, 0.05) is 24.8 Å². The molecule has 0 saturated carbocycles. The molecular weight excluding hydrogens is 362 g/mol. The first-order valence-electron chi connectivity index (χ1n) is 9.95. The topological polar surface area (TPSA) is 56.1 Å². The van der Waals surface area contributed by atoms with Crippen LogP contribution in [-0.4, -0.2) is 44.8 Å². The van der Waals surface area contributed by atoms with Crippen LogP contribution in [0.5, 0.6) is 11.5 Å². The van der Waals surface area contributed by atoms with Crippen LogP contribution in [0.25, 0.3) is 22.3 Å². The smallest absolute Gasteiger partial charge is 0.161 e. The van der Waals surface area contributed by atoms with Gasteiger partial charge in [0.2, 0.25) is 0 Å². The second kappa shape index (κ2) is 7.64. The number of hydrogen-bond donors (Lipinski definition) is 0. The van der Waals surface area contributed by atoms with Crippen molar-refractivity contribution >= 4 is 11.0 Å². The molecule has 0 spiro atoms. The molecule has 1 atom stereocenters. The number of aromatic nitrogens is 4. The minimum atomic E-state index is 0.604. The van der Waals surface area contributed by atoms with E-state index in [1.165, 1.54) is 6.42 Å². The number of nitrogens with zero attached hydrogens (tertiary/aromatic N) is 5. The molecule has 1 aliphatic heterocycles. The highest BCUT2D eigenvalue weighted by atomic mass is 16.5. The van der Waals surface area contributed by atoms with E-state index in [-0.39, 0.29) is 0 Å². The normalized spacial score (nSPS) is 17.1. The highest BCUT2D eigenvalue weighted by molar-refractivity contribution is 5.90. The molecule has 1 fully saturated rings. The van der Waals surface area contributed by atoms with E-state index >= 15 is 0 Å². The molecule has 2 aromatic heterocycles. The molecule has 1 saturated heterocycles. The molecule has 0 radical (unpaired) electrons. The van der Waals surface area contributed by atoms with Gasteiger partial charge in [-0.05, 0) is 62.3 Å². The fourth-order valence-corrected chi connectivity index (χ4v) is 3.98. The van der Waals surface area contributed by atoms with Crippen molar-refractivity contribution in [3.05, 3.63) is 67.1 Å². The largest absolute Gasteiger partial charge is 0.457 e. The van der Waals surface area contributed by atoms with E-state index in [1.807, 2.05) is 65.5 Å². The van der Waals surface area contributed by atoms with Crippen LogP contribution in [0.15, 0.2) is 67.1 Å². The monoisotopic (exact) mass is 385 g/mol. The lowest BCUT2D eigenvalue weighted by Gasteiger charge is -2.10. The number of fused-ring (bicyclic) bond motifs is 1. The van der Waals surface area contributed by atoms with Crippen molar-refractivity contribution in [1.82, 2.24) is 24.6 Å². The molecule has 146 valence electrons. The van der Waals surface area contributed by atoms with Gasteiger partial charge in [0.25, 0.3) is 0 Å². The first-order chi connectivity index (χ1) is 14.3. The van der Waals surface area contributed by atoms with Crippen LogP contribution in [0, 0.1) is 5.92 Å². The quantitative estimate of drug-likeness (QED) is 0.514. The van der Waals surface area contributed by atoms with Crippen LogP contribution in [0.3, 0.4) is 0 Å². The standard InChI is InChI=1S/C23H23N5O/c1-27-12-11-17(14-27)15-28-23-21(13-24-16-25-23)22(26-28)18-7-9-20(10-8-18)29-19-5-3-2-4-6-19/h2-10,13,16-17H,11-12,14-15H2,1H3/t17-/m1/s1. The number of para-hydroxylation sites is 1. The Hall–Kier alpha value is -3.25. The van der Waals surface area contributed by atoms with Gasteiger partial charge >= 0.3 is 0 Å². The van der Waals surface area contributed by atoms with Gasteiger partial charge in [-0.25, -0.2) is 14.6 Å². The van der Waals surface area contributed by atoms with Gasteiger partial charge < -0.3 is 9.64 Å². The van der Waals surface area contributed by atoms with Crippen molar-refractivity contribution in [2.24, 2.45) is 5.92 Å². The average molecular weight is 385 g/mol. The first kappa shape index (κ1) is 17.8. The predicted octanol–water partition coefficient (Wildman–Crippen LogP) is 4.24. The Morgan fingerprint density at radius 2 is 1.83 bits per heavy atom. The van der Waals surface area contributed by atoms with E-state index in [0.29, 0.717) is 5.92 Å². The summed E-state index contributed by atoms with van der Waals surface area (Å²) in [4.78, 5) is 11.1. The van der Waals surface area contributed by atoms with Crippen LogP contribution in [0.1, 0.15) is 6.42 Å². The van der Waals surface area contributed by atoms with Crippen LogP contribution < -0.4 is 4.74 Å². The molecular formula is C23H23N5O. The fraction of sp³-hybridized carbons (Fsp3) is 0.261. The van der Waals surface area contributed by atoms with E-state index in [9.17, 15) is 0 Å². The SMILES string of the molecule is CN1CC[C@@H](Cn2nc(-c3ccc(Oc4ccccc4)cc3)c3cncnc32)C1. The number of ether oxygens (including phenoxy) is 1. The Bertz CT molecular complexity index is 1110. The van der Waals surface area contributed by atoms with E-state index in [4.69, 9.17) is 9.84 Å². The van der Waals surface area contributed by atoms with Gasteiger partial charge in [-0.3, -0.25) is 0 Å². The van der Waals surface area contributed by atoms with Crippen molar-refractivity contribution in [3.8, 4) is 22.8 Å². The van der Waals surface area contributed by atoms with Gasteiger partial charge in [0.1, 0.15) is 23.5 Å². The number of hydrogen-bond acceptors (Lipinski definition) is 5. The summed E-state index contributed by atoms with van der Waals surface area (Å²) in [5, 5.41) is 5.90. The maximum absolute atomic E-state index is 5.91. The van der Waals surface area contributed by atoms with Crippen molar-refractivity contribution in [1.29, 1.82) is 0 Å². The fourth-order valence-electron chi connectivity index (χ4n) is 3.98. The maximum atomic E-state index is 5.91. The lowest BCUT2D eigenvalue weighted by atomic mass is 10.1. The Kier molecular flexibility index (Phi) is 4.69. The number of likely N-dealkylation sites (tertiary alicyclic amines) is 1. The molecule has 6 nitrogen and oxygen atoms in total. The third kappa shape index (κ3) is 3.71. The Balaban J connectivity index is 1.44. The summed E-state index contributed by atoms with van der Waals surface area (Å²) in [7, 11) is 2.17. The summed E-state index contributed by atoms with van der Waals surface area (Å²) < 4.78 is 7.95. The van der Waals surface area contributed by atoms with Crippen molar-refractivity contribution < 1.29 is 4.74 Å². The van der Waals surface area contributed by atoms with Gasteiger partial charge in [-0.1, -0.05) is 18.2 Å². The molecule has 1 aliphatic rings. The molecule has 6 heteroatoms. The summed E-state index contributed by atoms with van der Waals surface area (Å²) in [5.41, 5.74) is 2.85. The molecule has 4 aromatic rings. The van der Waals surface area contributed by atoms with Crippen LogP contribution in [0.2, 0.25) is 0 Å². The van der Waals surface area contributed by atoms with Gasteiger partial charge in [0.15, 0.2) is 5.65 Å². The minimum absolute atomic E-state index is 0.604. The molecule has 0 aliphatic carbocycles. The summed E-state index contributed by atoms with van der Waals surface area (Å²) >= 11 is 0. The lowest BCUT2D eigenvalue weighted by Crippen LogP contribution is -2.17. The van der Waals surface area contributed by atoms with E-state index in [2.05, 4.69) is 21.9 Å². The molecule has 0 bridgehead atoms. The maximum Gasteiger partial charge on any atom is 0.161 e. The zero-order chi connectivity index (χ0) is 19.6. The molecule has 0 unspecified atom stereocenters. The molecule has 29 heavy (non-hydrogen) atoms. The number of benzene rings is 2. The molecule has 0 amide bonds. The summed E-state index contributed by atoms with van der Waals surface area (Å²) in [6, 6.07) is 17.8. The Morgan fingerprint density at radius 1 is 1.03 bits per heavy atom. The zero-order valence-electron chi connectivity index (χ0n) is 16.4. The summed E-state index contributed by atoms with van der Waals surface area (Å²) in [6.45, 7) is 3.13. The Labute approximate surface area is 169 Å². The molecule has 5 rings (SSSR count). The number of rotatable bonds is 5. The molecule has 0 N–H and O–H groups in total. The van der Waals surface area contributed by atoms with Crippen molar-refractivity contribution in [3.63, 3.8) is 0 Å². The van der Waals surface area contributed by atoms with Gasteiger partial charge in [0.05, 0.1) is 5.39 Å². The first-order valence-corrected chi connectivity index (χ1v) is 9.95. The van der Waals surface area contributed by atoms with Crippen molar-refractivity contribution in [2.45, 2.75) is 13.0 Å².